The lowest BCUT2D eigenvalue weighted by molar-refractivity contribution is -0.126. The highest BCUT2D eigenvalue weighted by molar-refractivity contribution is 9.10. The summed E-state index contributed by atoms with van der Waals surface area (Å²) in [6.07, 6.45) is 1.17. The minimum Gasteiger partial charge on any atom is -0.356 e. The maximum Gasteiger partial charge on any atom is 0.229 e. The number of hydrogen-bond acceptors (Lipinski definition) is 3. The van der Waals surface area contributed by atoms with Crippen LogP contribution in [0.1, 0.15) is 26.7 Å². The molecule has 0 aliphatic carbocycles. The van der Waals surface area contributed by atoms with Gasteiger partial charge >= 0.3 is 0 Å². The first kappa shape index (κ1) is 17.0. The summed E-state index contributed by atoms with van der Waals surface area (Å²) in [5.74, 6) is 0.720. The lowest BCUT2D eigenvalue weighted by atomic mass is 10.1. The Bertz CT molecular complexity index is 771. The number of fused-ring (bicyclic) bond motifs is 1. The number of benzene rings is 1. The summed E-state index contributed by atoms with van der Waals surface area (Å²) in [7, 11) is 0. The van der Waals surface area contributed by atoms with Gasteiger partial charge in [-0.05, 0) is 30.5 Å². The maximum atomic E-state index is 12.4. The van der Waals surface area contributed by atoms with E-state index in [0.29, 0.717) is 24.8 Å². The van der Waals surface area contributed by atoms with Gasteiger partial charge in [0.15, 0.2) is 5.82 Å². The zero-order chi connectivity index (χ0) is 17.3. The largest absolute Gasteiger partial charge is 0.356 e. The summed E-state index contributed by atoms with van der Waals surface area (Å²) >= 11 is 3.42. The first-order chi connectivity index (χ1) is 11.5. The van der Waals surface area contributed by atoms with Crippen LogP contribution < -0.4 is 10.2 Å². The Hall–Kier alpha value is -1.89. The number of nitrogens with zero attached hydrogens (tertiary/aromatic N) is 2. The number of hydrogen-bond donors (Lipinski definition) is 2. The third-order valence-electron chi connectivity index (χ3n) is 4.28. The van der Waals surface area contributed by atoms with Crippen LogP contribution in [0.4, 0.5) is 5.82 Å². The molecule has 1 fully saturated rings. The van der Waals surface area contributed by atoms with Crippen LogP contribution in [0.15, 0.2) is 22.7 Å². The molecule has 1 aromatic carbocycles. The highest BCUT2D eigenvalue weighted by Gasteiger charge is 2.36. The minimum absolute atomic E-state index is 0.0471. The van der Waals surface area contributed by atoms with Crippen LogP contribution in [0.3, 0.4) is 0 Å². The van der Waals surface area contributed by atoms with E-state index >= 15 is 0 Å². The minimum atomic E-state index is -0.313. The van der Waals surface area contributed by atoms with Crippen LogP contribution in [-0.2, 0) is 9.59 Å². The van der Waals surface area contributed by atoms with Crippen molar-refractivity contribution in [3.05, 3.63) is 22.7 Å². The average Bonchev–Trinajstić information content (AvgIpc) is 3.09. The van der Waals surface area contributed by atoms with E-state index in [4.69, 9.17) is 0 Å². The Kier molecular flexibility index (Phi) is 4.89. The molecule has 2 aromatic rings. The summed E-state index contributed by atoms with van der Waals surface area (Å²) in [4.78, 5) is 26.2. The van der Waals surface area contributed by atoms with Gasteiger partial charge in [0, 0.05) is 29.4 Å². The van der Waals surface area contributed by atoms with Gasteiger partial charge in [-0.25, -0.2) is 0 Å². The number of nitrogens with one attached hydrogen (secondary N) is 2. The molecule has 0 unspecified atom stereocenters. The van der Waals surface area contributed by atoms with Crippen molar-refractivity contribution in [3.63, 3.8) is 0 Å². The topological polar surface area (TPSA) is 78.1 Å². The first-order valence-corrected chi connectivity index (χ1v) is 8.96. The number of carbonyl (C=O) groups is 2. The zero-order valence-corrected chi connectivity index (χ0v) is 15.4. The molecule has 1 aromatic heterocycles. The van der Waals surface area contributed by atoms with Crippen molar-refractivity contribution >= 4 is 44.5 Å². The molecule has 128 valence electrons. The molecule has 2 N–H and O–H groups in total. The fraction of sp³-hybridized carbons (Fsp3) is 0.471. The van der Waals surface area contributed by atoms with E-state index in [9.17, 15) is 9.59 Å². The van der Waals surface area contributed by atoms with E-state index in [1.807, 2.05) is 18.2 Å². The number of rotatable bonds is 5. The highest BCUT2D eigenvalue weighted by Crippen LogP contribution is 2.31. The van der Waals surface area contributed by atoms with Gasteiger partial charge in [-0.15, -0.1) is 0 Å². The summed E-state index contributed by atoms with van der Waals surface area (Å²) in [6.45, 7) is 5.27. The Balaban J connectivity index is 1.71. The van der Waals surface area contributed by atoms with Crippen LogP contribution in [0, 0.1) is 11.8 Å². The van der Waals surface area contributed by atoms with Crippen LogP contribution >= 0.6 is 15.9 Å². The van der Waals surface area contributed by atoms with Gasteiger partial charge in [0.05, 0.1) is 11.4 Å². The first-order valence-electron chi connectivity index (χ1n) is 8.17. The molecule has 6 nitrogen and oxygen atoms in total. The number of amides is 2. The van der Waals surface area contributed by atoms with Gasteiger partial charge in [0.25, 0.3) is 0 Å². The third kappa shape index (κ3) is 3.45. The molecule has 1 aliphatic heterocycles. The molecule has 1 saturated heterocycles. The van der Waals surface area contributed by atoms with Gasteiger partial charge in [-0.1, -0.05) is 29.8 Å². The van der Waals surface area contributed by atoms with E-state index < -0.39 is 0 Å². The smallest absolute Gasteiger partial charge is 0.229 e. The molecule has 0 bridgehead atoms. The van der Waals surface area contributed by atoms with Gasteiger partial charge in [-0.2, -0.15) is 5.10 Å². The molecule has 7 heteroatoms. The predicted molar refractivity (Wildman–Crippen MR) is 96.7 cm³/mol. The normalized spacial score (nSPS) is 17.9. The number of aromatic nitrogens is 2. The van der Waals surface area contributed by atoms with E-state index in [2.05, 4.69) is 45.3 Å². The van der Waals surface area contributed by atoms with Gasteiger partial charge in [-0.3, -0.25) is 19.6 Å². The molecule has 2 amide bonds. The number of aromatic amines is 1. The van der Waals surface area contributed by atoms with Crippen molar-refractivity contribution in [2.24, 2.45) is 11.8 Å². The SMILES string of the molecule is CC(C)CCNC(=O)[C@H]1CC(=O)N(c2n[nH]c3cc(Br)ccc23)C1. The number of halogens is 1. The fourth-order valence-electron chi connectivity index (χ4n) is 2.90. The second-order valence-corrected chi connectivity index (χ2v) is 7.53. The second-order valence-electron chi connectivity index (χ2n) is 6.62. The van der Waals surface area contributed by atoms with E-state index in [1.54, 1.807) is 4.90 Å². The highest BCUT2D eigenvalue weighted by atomic mass is 79.9. The lowest BCUT2D eigenvalue weighted by Gasteiger charge is -2.14. The Morgan fingerprint density at radius 3 is 3.04 bits per heavy atom. The second kappa shape index (κ2) is 6.93. The molecule has 2 heterocycles. The molecule has 3 rings (SSSR count). The molecule has 1 aliphatic rings. The van der Waals surface area contributed by atoms with E-state index in [0.717, 1.165) is 21.8 Å². The number of H-pyrrole nitrogens is 1. The fourth-order valence-corrected chi connectivity index (χ4v) is 3.26. The van der Waals surface area contributed by atoms with Crippen molar-refractivity contribution < 1.29 is 9.59 Å². The van der Waals surface area contributed by atoms with Crippen molar-refractivity contribution in [1.29, 1.82) is 0 Å². The van der Waals surface area contributed by atoms with Gasteiger partial charge in [0.2, 0.25) is 11.8 Å². The van der Waals surface area contributed by atoms with Crippen molar-refractivity contribution in [3.8, 4) is 0 Å². The Morgan fingerprint density at radius 1 is 1.50 bits per heavy atom. The average molecular weight is 393 g/mol. The van der Waals surface area contributed by atoms with Gasteiger partial charge in [0.1, 0.15) is 0 Å². The zero-order valence-electron chi connectivity index (χ0n) is 13.8. The molecule has 1 atom stereocenters. The Morgan fingerprint density at radius 2 is 2.29 bits per heavy atom. The van der Waals surface area contributed by atoms with Crippen LogP contribution in [0.2, 0.25) is 0 Å². The van der Waals surface area contributed by atoms with Crippen molar-refractivity contribution in [2.75, 3.05) is 18.0 Å². The molecule has 0 radical (unpaired) electrons. The molecule has 24 heavy (non-hydrogen) atoms. The van der Waals surface area contributed by atoms with Crippen LogP contribution in [0.5, 0.6) is 0 Å². The van der Waals surface area contributed by atoms with E-state index in [-0.39, 0.29) is 24.2 Å². The van der Waals surface area contributed by atoms with Crippen molar-refractivity contribution in [2.45, 2.75) is 26.7 Å². The predicted octanol–water partition coefficient (Wildman–Crippen LogP) is 2.84. The maximum absolute atomic E-state index is 12.4. The standard InChI is InChI=1S/C17H21BrN4O2/c1-10(2)5-6-19-17(24)11-7-15(23)22(9-11)16-13-4-3-12(18)8-14(13)20-21-16/h3-4,8,10-11H,5-7,9H2,1-2H3,(H,19,24)(H,20,21)/t11-/m0/s1. The van der Waals surface area contributed by atoms with E-state index in [1.165, 1.54) is 0 Å². The summed E-state index contributed by atoms with van der Waals surface area (Å²) in [5.41, 5.74) is 0.858. The number of anilines is 1. The molecule has 0 saturated carbocycles. The summed E-state index contributed by atoms with van der Waals surface area (Å²) < 4.78 is 0.945. The van der Waals surface area contributed by atoms with Crippen LogP contribution in [0.25, 0.3) is 10.9 Å². The lowest BCUT2D eigenvalue weighted by Crippen LogP contribution is -2.34. The summed E-state index contributed by atoms with van der Waals surface area (Å²) in [5, 5.41) is 11.0. The van der Waals surface area contributed by atoms with Crippen LogP contribution in [-0.4, -0.2) is 35.1 Å². The molecular weight excluding hydrogens is 372 g/mol. The van der Waals surface area contributed by atoms with Crippen molar-refractivity contribution in [1.82, 2.24) is 15.5 Å². The molecule has 0 spiro atoms. The Labute approximate surface area is 149 Å². The quantitative estimate of drug-likeness (QED) is 0.820. The molecular formula is C17H21BrN4O2. The van der Waals surface area contributed by atoms with Gasteiger partial charge < -0.3 is 5.32 Å². The number of carbonyl (C=O) groups excluding carboxylic acids is 2. The monoisotopic (exact) mass is 392 g/mol. The third-order valence-corrected chi connectivity index (χ3v) is 4.77. The summed E-state index contributed by atoms with van der Waals surface area (Å²) in [6, 6.07) is 5.75.